The van der Waals surface area contributed by atoms with Crippen molar-refractivity contribution in [3.05, 3.63) is 71.7 Å². The van der Waals surface area contributed by atoms with Crippen LogP contribution in [0.3, 0.4) is 0 Å². The van der Waals surface area contributed by atoms with E-state index in [1.807, 2.05) is 43.3 Å². The predicted molar refractivity (Wildman–Crippen MR) is 85.9 cm³/mol. The monoisotopic (exact) mass is 272 g/mol. The lowest BCUT2D eigenvalue weighted by Crippen LogP contribution is -1.90. The number of aryl methyl sites for hydroxylation is 2. The first kappa shape index (κ1) is 13.3. The van der Waals surface area contributed by atoms with Crippen molar-refractivity contribution in [3.63, 3.8) is 0 Å². The molecule has 0 bridgehead atoms. The molecule has 0 saturated heterocycles. The van der Waals surface area contributed by atoms with E-state index >= 15 is 0 Å². The van der Waals surface area contributed by atoms with Crippen LogP contribution in [0.15, 0.2) is 54.6 Å². The van der Waals surface area contributed by atoms with Crippen molar-refractivity contribution in [2.24, 2.45) is 0 Å². The first-order valence-electron chi connectivity index (χ1n) is 7.08. The summed E-state index contributed by atoms with van der Waals surface area (Å²) in [6, 6.07) is 18.3. The molecule has 2 heterocycles. The number of para-hydroxylation sites is 1. The maximum Gasteiger partial charge on any atom is 0.113 e. The van der Waals surface area contributed by atoms with Crippen molar-refractivity contribution in [1.82, 2.24) is 9.97 Å². The minimum atomic E-state index is 0.793. The molecule has 2 nitrogen and oxygen atoms in total. The van der Waals surface area contributed by atoms with Gasteiger partial charge in [-0.25, -0.2) is 4.98 Å². The number of rotatable bonds is 2. The summed E-state index contributed by atoms with van der Waals surface area (Å²) in [5.74, 6) is 6.28. The zero-order valence-electron chi connectivity index (χ0n) is 12.0. The van der Waals surface area contributed by atoms with Crippen molar-refractivity contribution in [1.29, 1.82) is 0 Å². The maximum atomic E-state index is 4.65. The molecule has 0 atom stereocenters. The van der Waals surface area contributed by atoms with Gasteiger partial charge in [0.25, 0.3) is 0 Å². The topological polar surface area (TPSA) is 25.8 Å². The van der Waals surface area contributed by atoms with Crippen LogP contribution in [0.2, 0.25) is 0 Å². The Morgan fingerprint density at radius 1 is 0.905 bits per heavy atom. The first-order chi connectivity index (χ1) is 10.3. The summed E-state index contributed by atoms with van der Waals surface area (Å²) in [4.78, 5) is 9.02. The minimum absolute atomic E-state index is 0.793. The number of benzene rings is 1. The minimum Gasteiger partial charge on any atom is -0.253 e. The highest BCUT2D eigenvalue weighted by Crippen LogP contribution is 2.12. The number of hydrogen-bond donors (Lipinski definition) is 0. The molecule has 0 aliphatic heterocycles. The summed E-state index contributed by atoms with van der Waals surface area (Å²) in [5, 5.41) is 1.18. The fourth-order valence-corrected chi connectivity index (χ4v) is 2.20. The Morgan fingerprint density at radius 3 is 2.71 bits per heavy atom. The molecule has 0 saturated carbocycles. The van der Waals surface area contributed by atoms with Gasteiger partial charge in [0.1, 0.15) is 5.69 Å². The van der Waals surface area contributed by atoms with Gasteiger partial charge < -0.3 is 0 Å². The lowest BCUT2D eigenvalue weighted by atomic mass is 10.1. The number of fused-ring (bicyclic) bond motifs is 1. The number of nitrogens with zero attached hydrogens (tertiary/aromatic N) is 2. The van der Waals surface area contributed by atoms with E-state index < -0.39 is 0 Å². The van der Waals surface area contributed by atoms with Gasteiger partial charge in [0.2, 0.25) is 0 Å². The average Bonchev–Trinajstić information content (AvgIpc) is 2.51. The number of aromatic nitrogens is 2. The molecule has 0 radical (unpaired) electrons. The Morgan fingerprint density at radius 2 is 1.81 bits per heavy atom. The van der Waals surface area contributed by atoms with Crippen LogP contribution in [0, 0.1) is 18.8 Å². The lowest BCUT2D eigenvalue weighted by molar-refractivity contribution is 0.975. The Balaban J connectivity index is 1.67. The van der Waals surface area contributed by atoms with Crippen LogP contribution in [0.1, 0.15) is 23.5 Å². The molecule has 102 valence electrons. The molecular formula is C19H16N2. The normalized spacial score (nSPS) is 10.1. The van der Waals surface area contributed by atoms with Gasteiger partial charge in [-0.3, -0.25) is 4.98 Å². The van der Waals surface area contributed by atoms with Crippen LogP contribution in [0.5, 0.6) is 0 Å². The highest BCUT2D eigenvalue weighted by Gasteiger charge is 1.97. The molecule has 0 fully saturated rings. The summed E-state index contributed by atoms with van der Waals surface area (Å²) < 4.78 is 0. The molecule has 0 amide bonds. The summed E-state index contributed by atoms with van der Waals surface area (Å²) >= 11 is 0. The van der Waals surface area contributed by atoms with E-state index in [1.165, 1.54) is 5.39 Å². The number of pyridine rings is 2. The molecule has 1 aromatic carbocycles. The van der Waals surface area contributed by atoms with Crippen LogP contribution >= 0.6 is 0 Å². The van der Waals surface area contributed by atoms with E-state index in [4.69, 9.17) is 0 Å². The zero-order chi connectivity index (χ0) is 14.5. The Hall–Kier alpha value is -2.66. The van der Waals surface area contributed by atoms with E-state index in [0.29, 0.717) is 0 Å². The van der Waals surface area contributed by atoms with Crippen molar-refractivity contribution in [2.45, 2.75) is 19.8 Å². The second-order valence-electron chi connectivity index (χ2n) is 4.96. The molecule has 3 rings (SSSR count). The van der Waals surface area contributed by atoms with E-state index in [9.17, 15) is 0 Å². The fourth-order valence-electron chi connectivity index (χ4n) is 2.20. The van der Waals surface area contributed by atoms with Gasteiger partial charge in [-0.05, 0) is 37.1 Å². The summed E-state index contributed by atoms with van der Waals surface area (Å²) in [7, 11) is 0. The number of hydrogen-bond acceptors (Lipinski definition) is 2. The predicted octanol–water partition coefficient (Wildman–Crippen LogP) is 3.92. The van der Waals surface area contributed by atoms with Crippen LogP contribution in [-0.4, -0.2) is 9.97 Å². The van der Waals surface area contributed by atoms with E-state index in [1.54, 1.807) is 0 Å². The Bertz CT molecular complexity index is 825. The Kier molecular flexibility index (Phi) is 3.93. The molecule has 0 aliphatic rings. The SMILES string of the molecule is Cc1cccc(C#CCCc2ccc3ccccc3n2)n1. The zero-order valence-corrected chi connectivity index (χ0v) is 12.0. The highest BCUT2D eigenvalue weighted by molar-refractivity contribution is 5.78. The van der Waals surface area contributed by atoms with Crippen molar-refractivity contribution >= 4 is 10.9 Å². The van der Waals surface area contributed by atoms with E-state index in [2.05, 4.69) is 40.0 Å². The van der Waals surface area contributed by atoms with Crippen molar-refractivity contribution in [2.75, 3.05) is 0 Å². The Labute approximate surface area is 124 Å². The summed E-state index contributed by atoms with van der Waals surface area (Å²) in [5.41, 5.74) is 3.96. The van der Waals surface area contributed by atoms with Gasteiger partial charge in [-0.1, -0.05) is 36.3 Å². The maximum absolute atomic E-state index is 4.65. The van der Waals surface area contributed by atoms with Gasteiger partial charge in [0.15, 0.2) is 0 Å². The standard InChI is InChI=1S/C19H16N2/c1-15-7-6-11-17(20-15)9-3-4-10-18-14-13-16-8-2-5-12-19(16)21-18/h2,5-8,11-14H,4,10H2,1H3. The molecule has 3 aromatic rings. The largest absolute Gasteiger partial charge is 0.253 e. The lowest BCUT2D eigenvalue weighted by Gasteiger charge is -2.00. The van der Waals surface area contributed by atoms with Gasteiger partial charge in [-0.2, -0.15) is 0 Å². The van der Waals surface area contributed by atoms with Crippen molar-refractivity contribution in [3.8, 4) is 11.8 Å². The van der Waals surface area contributed by atoms with Crippen LogP contribution < -0.4 is 0 Å². The second kappa shape index (κ2) is 6.19. The fraction of sp³-hybridized carbons (Fsp3) is 0.158. The van der Waals surface area contributed by atoms with Gasteiger partial charge >= 0.3 is 0 Å². The molecule has 0 spiro atoms. The van der Waals surface area contributed by atoms with Crippen LogP contribution in [0.25, 0.3) is 10.9 Å². The molecule has 0 aliphatic carbocycles. The van der Waals surface area contributed by atoms with Crippen molar-refractivity contribution < 1.29 is 0 Å². The van der Waals surface area contributed by atoms with Crippen LogP contribution in [-0.2, 0) is 6.42 Å². The average molecular weight is 272 g/mol. The molecule has 2 heteroatoms. The highest BCUT2D eigenvalue weighted by atomic mass is 14.7. The summed E-state index contributed by atoms with van der Waals surface area (Å²) in [6.07, 6.45) is 1.66. The molecule has 21 heavy (non-hydrogen) atoms. The quantitative estimate of drug-likeness (QED) is 0.661. The molecule has 0 unspecified atom stereocenters. The third-order valence-corrected chi connectivity index (χ3v) is 3.27. The third kappa shape index (κ3) is 3.46. The first-order valence-corrected chi connectivity index (χ1v) is 7.08. The van der Waals surface area contributed by atoms with Gasteiger partial charge in [0.05, 0.1) is 5.52 Å². The molecule has 0 N–H and O–H groups in total. The smallest absolute Gasteiger partial charge is 0.113 e. The van der Waals surface area contributed by atoms with Gasteiger partial charge in [-0.15, -0.1) is 0 Å². The van der Waals surface area contributed by atoms with Crippen LogP contribution in [0.4, 0.5) is 0 Å². The third-order valence-electron chi connectivity index (χ3n) is 3.27. The van der Waals surface area contributed by atoms with E-state index in [0.717, 1.165) is 35.4 Å². The molecule has 2 aromatic heterocycles. The summed E-state index contributed by atoms with van der Waals surface area (Å²) in [6.45, 7) is 1.98. The second-order valence-corrected chi connectivity index (χ2v) is 4.96. The van der Waals surface area contributed by atoms with E-state index in [-0.39, 0.29) is 0 Å². The molecular weight excluding hydrogens is 256 g/mol. The van der Waals surface area contributed by atoms with Gasteiger partial charge in [0, 0.05) is 29.6 Å².